The minimum Gasteiger partial charge on any atom is -0.460 e. The van der Waals surface area contributed by atoms with Gasteiger partial charge in [0.1, 0.15) is 11.1 Å². The minimum absolute atomic E-state index is 0.0469. The zero-order valence-corrected chi connectivity index (χ0v) is 18.5. The topological polar surface area (TPSA) is 38.3 Å². The number of unbranched alkanes of at least 4 members (excludes halogenated alkanes) is 2. The summed E-state index contributed by atoms with van der Waals surface area (Å²) in [6.07, 6.45) is 4.18. The van der Waals surface area contributed by atoms with E-state index < -0.39 is 46.9 Å². The second kappa shape index (κ2) is 9.61. The number of esters is 1. The van der Waals surface area contributed by atoms with Crippen LogP contribution in [0.25, 0.3) is 0 Å². The molecule has 0 bridgehead atoms. The fraction of sp³-hybridized carbons (Fsp3) is 0.571. The molecule has 1 aliphatic rings. The second-order valence-corrected chi connectivity index (χ2v) is 8.95. The van der Waals surface area contributed by atoms with Gasteiger partial charge in [0.05, 0.1) is 17.2 Å². The highest BCUT2D eigenvalue weighted by atomic mass is 35.5. The molecule has 0 aliphatic heterocycles. The van der Waals surface area contributed by atoms with Crippen LogP contribution in [0, 0.1) is 41.6 Å². The van der Waals surface area contributed by atoms with Crippen LogP contribution in [0.4, 0.5) is 18.9 Å². The number of carbonyl (C=O) groups is 1. The number of benzene rings is 1. The van der Waals surface area contributed by atoms with Crippen LogP contribution in [-0.2, 0) is 16.1 Å². The van der Waals surface area contributed by atoms with E-state index in [-0.39, 0.29) is 21.7 Å². The third-order valence-corrected chi connectivity index (χ3v) is 5.80. The third kappa shape index (κ3) is 5.21. The molecule has 0 amide bonds. The van der Waals surface area contributed by atoms with E-state index in [0.29, 0.717) is 6.54 Å². The van der Waals surface area contributed by atoms with Gasteiger partial charge in [0.15, 0.2) is 17.5 Å². The fourth-order valence-electron chi connectivity index (χ4n) is 3.54. The first-order valence-corrected chi connectivity index (χ1v) is 10.4. The van der Waals surface area contributed by atoms with Gasteiger partial charge in [-0.05, 0) is 30.8 Å². The molecule has 2 atom stereocenters. The molecule has 0 unspecified atom stereocenters. The number of hydrogen-bond donors (Lipinski definition) is 1. The minimum atomic E-state index is -1.28. The number of carbonyl (C=O) groups excluding carboxylic acids is 1. The van der Waals surface area contributed by atoms with Gasteiger partial charge < -0.3 is 10.1 Å². The summed E-state index contributed by atoms with van der Waals surface area (Å²) in [6.45, 7) is 6.71. The maximum atomic E-state index is 14.6. The van der Waals surface area contributed by atoms with Crippen LogP contribution in [0.5, 0.6) is 0 Å². The van der Waals surface area contributed by atoms with Crippen molar-refractivity contribution >= 4 is 34.9 Å². The lowest BCUT2D eigenvalue weighted by molar-refractivity contribution is -0.147. The maximum absolute atomic E-state index is 14.6. The molecule has 0 spiro atoms. The molecular weight excluding hydrogens is 426 g/mol. The molecule has 8 heteroatoms. The van der Waals surface area contributed by atoms with E-state index in [1.165, 1.54) is 6.92 Å². The highest BCUT2D eigenvalue weighted by Crippen LogP contribution is 2.60. The van der Waals surface area contributed by atoms with Crippen molar-refractivity contribution in [2.45, 2.75) is 53.6 Å². The molecule has 0 saturated heterocycles. The number of halogens is 5. The molecule has 1 N–H and O–H groups in total. The van der Waals surface area contributed by atoms with E-state index in [0.717, 1.165) is 19.3 Å². The SMILES string of the molecule is CCCCCNc1c(F)c(C)c(F)c(F)c1COC(=O)[C@H]1[C@H](C=C(Cl)Cl)C1(C)C. The standard InChI is InChI=1S/C21H26Cl2F3NO2/c1-5-6-7-8-27-19-12(18(26)16(24)11(2)17(19)25)10-29-20(28)15-13(9-14(22)23)21(15,3)4/h9,13,15,27H,5-8,10H2,1-4H3/t13-,15+/m0/s1. The first-order valence-electron chi connectivity index (χ1n) is 9.63. The Labute approximate surface area is 179 Å². The molecular formula is C21H26Cl2F3NO2. The van der Waals surface area contributed by atoms with Gasteiger partial charge in [-0.2, -0.15) is 0 Å². The zero-order chi connectivity index (χ0) is 21.9. The van der Waals surface area contributed by atoms with Gasteiger partial charge in [0.25, 0.3) is 0 Å². The van der Waals surface area contributed by atoms with Gasteiger partial charge in [0.2, 0.25) is 0 Å². The Morgan fingerprint density at radius 2 is 1.83 bits per heavy atom. The fourth-order valence-corrected chi connectivity index (χ4v) is 3.81. The van der Waals surface area contributed by atoms with E-state index in [2.05, 4.69) is 5.32 Å². The summed E-state index contributed by atoms with van der Waals surface area (Å²) >= 11 is 11.4. The molecule has 3 nitrogen and oxygen atoms in total. The summed E-state index contributed by atoms with van der Waals surface area (Å²) in [4.78, 5) is 12.5. The van der Waals surface area contributed by atoms with Crippen molar-refractivity contribution in [2.75, 3.05) is 11.9 Å². The number of allylic oxidation sites excluding steroid dienone is 1. The largest absolute Gasteiger partial charge is 0.460 e. The quantitative estimate of drug-likeness (QED) is 0.259. The summed E-state index contributed by atoms with van der Waals surface area (Å²) in [7, 11) is 0. The summed E-state index contributed by atoms with van der Waals surface area (Å²) < 4.78 is 48.5. The third-order valence-electron chi connectivity index (χ3n) is 5.55. The predicted molar refractivity (Wildman–Crippen MR) is 109 cm³/mol. The molecule has 1 aromatic carbocycles. The van der Waals surface area contributed by atoms with Crippen LogP contribution in [0.2, 0.25) is 0 Å². The normalized spacial score (nSPS) is 19.6. The molecule has 0 aromatic heterocycles. The summed E-state index contributed by atoms with van der Waals surface area (Å²) in [5, 5.41) is 2.83. The van der Waals surface area contributed by atoms with Crippen molar-refractivity contribution in [1.82, 2.24) is 0 Å². The Hall–Kier alpha value is -1.40. The Morgan fingerprint density at radius 3 is 2.41 bits per heavy atom. The van der Waals surface area contributed by atoms with Crippen molar-refractivity contribution in [1.29, 1.82) is 0 Å². The number of nitrogens with one attached hydrogen (secondary N) is 1. The predicted octanol–water partition coefficient (Wildman–Crippen LogP) is 6.65. The maximum Gasteiger partial charge on any atom is 0.310 e. The van der Waals surface area contributed by atoms with Crippen LogP contribution in [0.15, 0.2) is 10.6 Å². The van der Waals surface area contributed by atoms with Crippen molar-refractivity contribution in [3.05, 3.63) is 39.1 Å². The molecule has 1 aliphatic carbocycles. The van der Waals surface area contributed by atoms with Gasteiger partial charge in [-0.15, -0.1) is 0 Å². The van der Waals surface area contributed by atoms with Gasteiger partial charge in [-0.25, -0.2) is 13.2 Å². The molecule has 162 valence electrons. The van der Waals surface area contributed by atoms with Crippen LogP contribution < -0.4 is 5.32 Å². The first-order chi connectivity index (χ1) is 13.5. The van der Waals surface area contributed by atoms with E-state index in [9.17, 15) is 18.0 Å². The van der Waals surface area contributed by atoms with Crippen LogP contribution in [-0.4, -0.2) is 12.5 Å². The zero-order valence-electron chi connectivity index (χ0n) is 17.0. The monoisotopic (exact) mass is 451 g/mol. The average molecular weight is 452 g/mol. The van der Waals surface area contributed by atoms with Gasteiger partial charge in [0, 0.05) is 12.1 Å². The van der Waals surface area contributed by atoms with E-state index in [1.54, 1.807) is 6.08 Å². The Morgan fingerprint density at radius 1 is 1.17 bits per heavy atom. The van der Waals surface area contributed by atoms with Gasteiger partial charge in [-0.1, -0.05) is 56.8 Å². The first kappa shape index (κ1) is 23.9. The van der Waals surface area contributed by atoms with Crippen molar-refractivity contribution in [3.8, 4) is 0 Å². The molecule has 29 heavy (non-hydrogen) atoms. The molecule has 0 radical (unpaired) electrons. The van der Waals surface area contributed by atoms with Crippen LogP contribution in [0.1, 0.15) is 51.2 Å². The summed E-state index contributed by atoms with van der Waals surface area (Å²) in [6, 6.07) is 0. The molecule has 1 saturated carbocycles. The number of rotatable bonds is 9. The van der Waals surface area contributed by atoms with E-state index >= 15 is 0 Å². The lowest BCUT2D eigenvalue weighted by Gasteiger charge is -2.17. The molecule has 0 heterocycles. The molecule has 1 aromatic rings. The van der Waals surface area contributed by atoms with Crippen LogP contribution in [0.3, 0.4) is 0 Å². The highest BCUT2D eigenvalue weighted by Gasteiger charge is 2.61. The average Bonchev–Trinajstić information content (AvgIpc) is 3.19. The van der Waals surface area contributed by atoms with Crippen LogP contribution >= 0.6 is 23.2 Å². The Balaban J connectivity index is 2.19. The van der Waals surface area contributed by atoms with E-state index in [4.69, 9.17) is 27.9 Å². The summed E-state index contributed by atoms with van der Waals surface area (Å²) in [5.41, 5.74) is -1.34. The highest BCUT2D eigenvalue weighted by molar-refractivity contribution is 6.55. The van der Waals surface area contributed by atoms with Crippen molar-refractivity contribution < 1.29 is 22.7 Å². The Bertz CT molecular complexity index is 808. The Kier molecular flexibility index (Phi) is 7.91. The van der Waals surface area contributed by atoms with Crippen molar-refractivity contribution in [3.63, 3.8) is 0 Å². The van der Waals surface area contributed by atoms with E-state index in [1.807, 2.05) is 20.8 Å². The molecule has 1 fully saturated rings. The number of ether oxygens (including phenoxy) is 1. The number of hydrogen-bond acceptors (Lipinski definition) is 3. The number of anilines is 1. The second-order valence-electron chi connectivity index (χ2n) is 7.94. The smallest absolute Gasteiger partial charge is 0.310 e. The van der Waals surface area contributed by atoms with Gasteiger partial charge in [-0.3, -0.25) is 4.79 Å². The lowest BCUT2D eigenvalue weighted by atomic mass is 10.1. The van der Waals surface area contributed by atoms with Crippen molar-refractivity contribution in [2.24, 2.45) is 17.3 Å². The molecule has 2 rings (SSSR count). The van der Waals surface area contributed by atoms with Gasteiger partial charge >= 0.3 is 5.97 Å². The summed E-state index contributed by atoms with van der Waals surface area (Å²) in [5.74, 6) is -4.71. The lowest BCUT2D eigenvalue weighted by Crippen LogP contribution is -2.16.